The summed E-state index contributed by atoms with van der Waals surface area (Å²) in [5, 5.41) is 11.7. The van der Waals surface area contributed by atoms with Gasteiger partial charge in [0.1, 0.15) is 23.0 Å². The number of benzene rings is 2. The molecule has 0 bridgehead atoms. The summed E-state index contributed by atoms with van der Waals surface area (Å²) in [5.41, 5.74) is -0.910. The van der Waals surface area contributed by atoms with Gasteiger partial charge in [0.15, 0.2) is 4.90 Å². The largest absolute Gasteiger partial charge is 0.494 e. The number of methoxy groups -OCH3 is 2. The molecule has 0 fully saturated rings. The quantitative estimate of drug-likeness (QED) is 0.320. The van der Waals surface area contributed by atoms with Gasteiger partial charge >= 0.3 is 0 Å². The summed E-state index contributed by atoms with van der Waals surface area (Å²) in [6.07, 6.45) is 3.07. The zero-order valence-electron chi connectivity index (χ0n) is 21.4. The lowest BCUT2D eigenvalue weighted by atomic mass is 10.2. The van der Waals surface area contributed by atoms with Gasteiger partial charge < -0.3 is 14.6 Å². The number of nitrogens with zero attached hydrogens (tertiary/aromatic N) is 3. The maximum atomic E-state index is 13.7. The Bertz CT molecular complexity index is 1720. The van der Waals surface area contributed by atoms with E-state index in [2.05, 4.69) is 4.98 Å². The topological polar surface area (TPSA) is 130 Å². The molecule has 0 aliphatic heterocycles. The lowest BCUT2D eigenvalue weighted by Gasteiger charge is -2.21. The van der Waals surface area contributed by atoms with Gasteiger partial charge in [0.25, 0.3) is 11.1 Å². The van der Waals surface area contributed by atoms with Crippen molar-refractivity contribution < 1.29 is 23.0 Å². The van der Waals surface area contributed by atoms with E-state index in [1.807, 2.05) is 6.92 Å². The monoisotopic (exact) mass is 571 g/mol. The van der Waals surface area contributed by atoms with Crippen molar-refractivity contribution in [3.8, 4) is 28.8 Å². The summed E-state index contributed by atoms with van der Waals surface area (Å²) in [6, 6.07) is 12.9. The highest BCUT2D eigenvalue weighted by molar-refractivity contribution is 7.91. The molecule has 0 spiro atoms. The van der Waals surface area contributed by atoms with E-state index in [1.54, 1.807) is 18.2 Å². The Kier molecular flexibility index (Phi) is 8.12. The van der Waals surface area contributed by atoms with Gasteiger partial charge in [-0.15, -0.1) is 0 Å². The molecule has 2 aromatic carbocycles. The highest BCUT2D eigenvalue weighted by Gasteiger charge is 2.31. The molecule has 204 valence electrons. The van der Waals surface area contributed by atoms with Gasteiger partial charge in [-0.3, -0.25) is 18.7 Å². The Labute approximate surface area is 229 Å². The fraction of sp³-hybridized carbons (Fsp3) is 0.222. The number of aromatic nitrogens is 3. The summed E-state index contributed by atoms with van der Waals surface area (Å²) in [7, 11) is -1.73. The van der Waals surface area contributed by atoms with E-state index in [4.69, 9.17) is 21.1 Å². The van der Waals surface area contributed by atoms with Crippen LogP contribution >= 0.6 is 11.6 Å². The number of aromatic hydroxyl groups is 1. The van der Waals surface area contributed by atoms with Crippen molar-refractivity contribution in [1.29, 1.82) is 0 Å². The molecule has 10 nitrogen and oxygen atoms in total. The van der Waals surface area contributed by atoms with E-state index in [1.165, 1.54) is 65.9 Å². The maximum absolute atomic E-state index is 13.7. The fourth-order valence-electron chi connectivity index (χ4n) is 4.13. The normalized spacial score (nSPS) is 11.4. The smallest absolute Gasteiger partial charge is 0.296 e. The second-order valence-corrected chi connectivity index (χ2v) is 10.8. The van der Waals surface area contributed by atoms with Crippen molar-refractivity contribution in [2.24, 2.45) is 0 Å². The number of rotatable bonds is 9. The van der Waals surface area contributed by atoms with Crippen LogP contribution in [0.15, 0.2) is 80.2 Å². The number of aryl methyl sites for hydroxylation is 1. The highest BCUT2D eigenvalue weighted by atomic mass is 35.5. The first-order valence-electron chi connectivity index (χ1n) is 11.9. The molecule has 39 heavy (non-hydrogen) atoms. The van der Waals surface area contributed by atoms with Crippen molar-refractivity contribution >= 4 is 21.4 Å². The van der Waals surface area contributed by atoms with Gasteiger partial charge in [-0.1, -0.05) is 31.0 Å². The maximum Gasteiger partial charge on any atom is 0.296 e. The van der Waals surface area contributed by atoms with Gasteiger partial charge in [0, 0.05) is 24.4 Å². The zero-order valence-corrected chi connectivity index (χ0v) is 23.0. The van der Waals surface area contributed by atoms with Gasteiger partial charge in [-0.05, 0) is 48.9 Å². The van der Waals surface area contributed by atoms with E-state index >= 15 is 0 Å². The Morgan fingerprint density at radius 1 is 0.974 bits per heavy atom. The molecule has 2 heterocycles. The van der Waals surface area contributed by atoms with E-state index in [9.17, 15) is 23.1 Å². The van der Waals surface area contributed by atoms with E-state index in [0.717, 1.165) is 6.42 Å². The minimum Gasteiger partial charge on any atom is -0.494 e. The second kappa shape index (κ2) is 11.3. The number of sulfone groups is 1. The van der Waals surface area contributed by atoms with Crippen LogP contribution in [0.3, 0.4) is 0 Å². The molecule has 0 aliphatic carbocycles. The Morgan fingerprint density at radius 2 is 1.62 bits per heavy atom. The standard InChI is InChI=1S/C27H26ClN3O7S/c1-4-5-9-22-29-26(33)25(27(34)31(22)24-20(37-2)7-6-8-21(24)38-3)39(35,36)19-13-11-18(12-14-19)30-16-17(28)10-15-23(30)32/h6-8,10-16,34H,4-5,9H2,1-3H3. The highest BCUT2D eigenvalue weighted by Crippen LogP contribution is 2.38. The lowest BCUT2D eigenvalue weighted by Crippen LogP contribution is -2.25. The summed E-state index contributed by atoms with van der Waals surface area (Å²) >= 11 is 5.99. The Morgan fingerprint density at radius 3 is 2.21 bits per heavy atom. The van der Waals surface area contributed by atoms with E-state index < -0.39 is 26.2 Å². The Balaban J connectivity index is 1.93. The van der Waals surface area contributed by atoms with Crippen LogP contribution in [0, 0.1) is 0 Å². The number of unbranched alkanes of at least 4 members (excludes halogenated alkanes) is 1. The minimum atomic E-state index is -4.57. The van der Waals surface area contributed by atoms with Gasteiger partial charge in [-0.25, -0.2) is 8.42 Å². The van der Waals surface area contributed by atoms with Gasteiger partial charge in [-0.2, -0.15) is 4.98 Å². The van der Waals surface area contributed by atoms with Gasteiger partial charge in [0.2, 0.25) is 15.7 Å². The van der Waals surface area contributed by atoms with Crippen molar-refractivity contribution in [2.75, 3.05) is 14.2 Å². The van der Waals surface area contributed by atoms with Crippen LogP contribution in [0.2, 0.25) is 5.02 Å². The van der Waals surface area contributed by atoms with Crippen molar-refractivity contribution in [3.05, 3.63) is 92.3 Å². The Hall–Kier alpha value is -4.09. The lowest BCUT2D eigenvalue weighted by molar-refractivity contribution is 0.374. The molecular formula is C27H26ClN3O7S. The number of pyridine rings is 1. The predicted molar refractivity (Wildman–Crippen MR) is 146 cm³/mol. The van der Waals surface area contributed by atoms with Crippen molar-refractivity contribution in [1.82, 2.24) is 14.1 Å². The molecule has 1 N–H and O–H groups in total. The number of ether oxygens (including phenoxy) is 2. The first-order valence-corrected chi connectivity index (χ1v) is 13.8. The summed E-state index contributed by atoms with van der Waals surface area (Å²) < 4.78 is 40.8. The molecule has 4 rings (SSSR count). The molecule has 0 saturated carbocycles. The van der Waals surface area contributed by atoms with Crippen LogP contribution in [0.5, 0.6) is 17.4 Å². The van der Waals surface area contributed by atoms with Crippen LogP contribution in [-0.4, -0.2) is 41.9 Å². The zero-order chi connectivity index (χ0) is 28.3. The predicted octanol–water partition coefficient (Wildman–Crippen LogP) is 3.94. The molecule has 2 aromatic heterocycles. The number of halogens is 1. The molecule has 4 aromatic rings. The first kappa shape index (κ1) is 27.9. The summed E-state index contributed by atoms with van der Waals surface area (Å²) in [6.45, 7) is 1.95. The molecule has 12 heteroatoms. The molecule has 0 radical (unpaired) electrons. The first-order chi connectivity index (χ1) is 18.6. The fourth-order valence-corrected chi connectivity index (χ4v) is 5.63. The number of hydrogen-bond acceptors (Lipinski definition) is 8. The van der Waals surface area contributed by atoms with Crippen LogP contribution in [0.4, 0.5) is 0 Å². The third-order valence-corrected chi connectivity index (χ3v) is 8.06. The van der Waals surface area contributed by atoms with Crippen LogP contribution in [0.1, 0.15) is 25.6 Å². The average molecular weight is 572 g/mol. The summed E-state index contributed by atoms with van der Waals surface area (Å²) in [5.74, 6) is -0.129. The summed E-state index contributed by atoms with van der Waals surface area (Å²) in [4.78, 5) is 28.2. The van der Waals surface area contributed by atoms with E-state index in [0.29, 0.717) is 17.1 Å². The number of para-hydroxylation sites is 1. The molecule has 0 atom stereocenters. The molecule has 0 amide bonds. The van der Waals surface area contributed by atoms with Crippen LogP contribution in [0.25, 0.3) is 11.4 Å². The molecule has 0 saturated heterocycles. The third-order valence-electron chi connectivity index (χ3n) is 6.05. The van der Waals surface area contributed by atoms with Crippen molar-refractivity contribution in [3.63, 3.8) is 0 Å². The average Bonchev–Trinajstić information content (AvgIpc) is 2.92. The molecule has 0 aliphatic rings. The van der Waals surface area contributed by atoms with E-state index in [-0.39, 0.29) is 39.9 Å². The molecular weight excluding hydrogens is 546 g/mol. The minimum absolute atomic E-state index is 0.150. The van der Waals surface area contributed by atoms with Crippen molar-refractivity contribution in [2.45, 2.75) is 36.0 Å². The molecule has 0 unspecified atom stereocenters. The van der Waals surface area contributed by atoms with Gasteiger partial charge in [0.05, 0.1) is 24.1 Å². The van der Waals surface area contributed by atoms with Crippen LogP contribution in [-0.2, 0) is 16.3 Å². The number of hydrogen-bond donors (Lipinski definition) is 1. The third kappa shape index (κ3) is 5.27. The van der Waals surface area contributed by atoms with Crippen LogP contribution < -0.4 is 20.6 Å². The SMILES string of the molecule is CCCCc1nc(=O)c(S(=O)(=O)c2ccc(-n3cc(Cl)ccc3=O)cc2)c(O)n1-c1c(OC)cccc1OC. The second-order valence-electron chi connectivity index (χ2n) is 8.49.